The second kappa shape index (κ2) is 11.9. The van der Waals surface area contributed by atoms with E-state index in [4.69, 9.17) is 18.9 Å². The largest absolute Gasteiger partial charge is 0.496 e. The van der Waals surface area contributed by atoms with Gasteiger partial charge in [-0.2, -0.15) is 0 Å². The number of nitrogens with zero attached hydrogens (tertiary/aromatic N) is 2. The molecule has 0 bridgehead atoms. The van der Waals surface area contributed by atoms with Gasteiger partial charge in [-0.05, 0) is 76.1 Å². The normalized spacial score (nSPS) is 12.5. The lowest BCUT2D eigenvalue weighted by atomic mass is 9.98. The Labute approximate surface area is 225 Å². The van der Waals surface area contributed by atoms with Crippen molar-refractivity contribution in [3.63, 3.8) is 0 Å². The molecule has 3 rings (SSSR count). The van der Waals surface area contributed by atoms with Crippen LogP contribution in [0.25, 0.3) is 10.9 Å². The van der Waals surface area contributed by atoms with Crippen molar-refractivity contribution < 1.29 is 28.5 Å². The Kier molecular flexibility index (Phi) is 9.09. The van der Waals surface area contributed by atoms with Gasteiger partial charge in [-0.15, -0.1) is 0 Å². The first-order chi connectivity index (χ1) is 18.0. The van der Waals surface area contributed by atoms with Crippen LogP contribution in [-0.4, -0.2) is 55.0 Å². The van der Waals surface area contributed by atoms with Gasteiger partial charge in [-0.1, -0.05) is 19.9 Å². The summed E-state index contributed by atoms with van der Waals surface area (Å²) in [5.74, 6) is 0.813. The Morgan fingerprint density at radius 3 is 2.24 bits per heavy atom. The van der Waals surface area contributed by atoms with Gasteiger partial charge in [0.2, 0.25) is 0 Å². The van der Waals surface area contributed by atoms with Crippen LogP contribution in [0.1, 0.15) is 74.1 Å². The Bertz CT molecular complexity index is 1300. The summed E-state index contributed by atoms with van der Waals surface area (Å²) in [6.07, 6.45) is 2.19. The molecule has 0 radical (unpaired) electrons. The van der Waals surface area contributed by atoms with Gasteiger partial charge in [0.25, 0.3) is 0 Å². The molecule has 206 valence electrons. The minimum Gasteiger partial charge on any atom is -0.496 e. The number of carbonyl (C=O) groups is 2. The van der Waals surface area contributed by atoms with E-state index in [1.165, 1.54) is 7.11 Å². The Hall–Kier alpha value is -3.52. The highest BCUT2D eigenvalue weighted by Gasteiger charge is 2.26. The summed E-state index contributed by atoms with van der Waals surface area (Å²) in [6.45, 7) is 13.1. The molecule has 0 fully saturated rings. The molecule has 0 aliphatic rings. The Balaban J connectivity index is 2.06. The Morgan fingerprint density at radius 1 is 1.00 bits per heavy atom. The Morgan fingerprint density at radius 2 is 1.68 bits per heavy atom. The zero-order valence-corrected chi connectivity index (χ0v) is 24.0. The lowest BCUT2D eigenvalue weighted by molar-refractivity contribution is 0.0542. The van der Waals surface area contributed by atoms with Crippen molar-refractivity contribution in [1.29, 1.82) is 0 Å². The minimum absolute atomic E-state index is 0.0506. The number of hydrogen-bond donors (Lipinski definition) is 0. The highest BCUT2D eigenvalue weighted by molar-refractivity contribution is 5.95. The number of benzene rings is 2. The fourth-order valence-corrected chi connectivity index (χ4v) is 4.92. The summed E-state index contributed by atoms with van der Waals surface area (Å²) >= 11 is 0. The molecule has 3 aromatic rings. The zero-order valence-electron chi connectivity index (χ0n) is 24.0. The summed E-state index contributed by atoms with van der Waals surface area (Å²) in [6, 6.07) is 9.59. The summed E-state index contributed by atoms with van der Waals surface area (Å²) in [7, 11) is 4.57. The highest BCUT2D eigenvalue weighted by Crippen LogP contribution is 2.36. The summed E-state index contributed by atoms with van der Waals surface area (Å²) in [5.41, 5.74) is 3.55. The first-order valence-corrected chi connectivity index (χ1v) is 12.9. The van der Waals surface area contributed by atoms with Gasteiger partial charge in [0, 0.05) is 29.7 Å². The van der Waals surface area contributed by atoms with Crippen molar-refractivity contribution in [2.45, 2.75) is 66.2 Å². The SMILES string of the molecule is CCC(c1ccc(C(=O)OC)c(OC)c1)N(CC)Cc1c(OC)cc(C)c2c1ccn2C(=O)OC(C)(C)C. The number of rotatable bonds is 9. The third-order valence-corrected chi connectivity index (χ3v) is 6.65. The standard InChI is InChI=1S/C30H40N2O6/c1-10-24(20-12-13-22(28(33)37-9)26(17-20)36-8)31(11-2)18-23-21-14-15-32(29(34)38-30(4,5)6)27(21)19(3)16-25(23)35-7/h12-17,24H,10-11,18H2,1-9H3. The van der Waals surface area contributed by atoms with E-state index in [-0.39, 0.29) is 6.04 Å². The number of carbonyl (C=O) groups excluding carboxylic acids is 2. The molecule has 0 aliphatic heterocycles. The lowest BCUT2D eigenvalue weighted by Crippen LogP contribution is -2.28. The van der Waals surface area contributed by atoms with E-state index < -0.39 is 17.7 Å². The molecule has 1 aromatic heterocycles. The van der Waals surface area contributed by atoms with Crippen molar-refractivity contribution in [3.05, 3.63) is 58.8 Å². The summed E-state index contributed by atoms with van der Waals surface area (Å²) < 4.78 is 23.5. The van der Waals surface area contributed by atoms with E-state index in [9.17, 15) is 9.59 Å². The van der Waals surface area contributed by atoms with Gasteiger partial charge < -0.3 is 18.9 Å². The van der Waals surface area contributed by atoms with Crippen LogP contribution < -0.4 is 9.47 Å². The smallest absolute Gasteiger partial charge is 0.419 e. The van der Waals surface area contributed by atoms with E-state index in [2.05, 4.69) is 18.7 Å². The molecule has 0 amide bonds. The van der Waals surface area contributed by atoms with Crippen LogP contribution in [0.15, 0.2) is 36.5 Å². The summed E-state index contributed by atoms with van der Waals surface area (Å²) in [4.78, 5) is 27.5. The fraction of sp³-hybridized carbons (Fsp3) is 0.467. The van der Waals surface area contributed by atoms with Gasteiger partial charge in [-0.25, -0.2) is 9.59 Å². The van der Waals surface area contributed by atoms with Gasteiger partial charge in [0.05, 0.1) is 26.8 Å². The number of ether oxygens (including phenoxy) is 4. The maximum atomic E-state index is 13.0. The van der Waals surface area contributed by atoms with Crippen molar-refractivity contribution >= 4 is 23.0 Å². The first kappa shape index (κ1) is 29.0. The van der Waals surface area contributed by atoms with E-state index in [1.54, 1.807) is 31.0 Å². The maximum absolute atomic E-state index is 13.0. The van der Waals surface area contributed by atoms with E-state index in [0.29, 0.717) is 17.9 Å². The van der Waals surface area contributed by atoms with E-state index in [1.807, 2.05) is 52.0 Å². The maximum Gasteiger partial charge on any atom is 0.419 e. The highest BCUT2D eigenvalue weighted by atomic mass is 16.6. The van der Waals surface area contributed by atoms with Crippen LogP contribution in [0.5, 0.6) is 11.5 Å². The van der Waals surface area contributed by atoms with Crippen LogP contribution in [0.3, 0.4) is 0 Å². The molecular formula is C30H40N2O6. The number of methoxy groups -OCH3 is 3. The van der Waals surface area contributed by atoms with Crippen molar-refractivity contribution in [2.24, 2.45) is 0 Å². The monoisotopic (exact) mass is 524 g/mol. The molecule has 0 saturated heterocycles. The molecule has 2 aromatic carbocycles. The number of fused-ring (bicyclic) bond motifs is 1. The average Bonchev–Trinajstić information content (AvgIpc) is 3.34. The predicted octanol–water partition coefficient (Wildman–Crippen LogP) is 6.51. The average molecular weight is 525 g/mol. The van der Waals surface area contributed by atoms with Gasteiger partial charge in [0.1, 0.15) is 22.7 Å². The van der Waals surface area contributed by atoms with E-state index >= 15 is 0 Å². The quantitative estimate of drug-likeness (QED) is 0.295. The molecule has 1 heterocycles. The second-order valence-corrected chi connectivity index (χ2v) is 10.2. The van der Waals surface area contributed by atoms with Crippen molar-refractivity contribution in [1.82, 2.24) is 9.47 Å². The molecule has 1 atom stereocenters. The zero-order chi connectivity index (χ0) is 28.2. The number of aromatic nitrogens is 1. The van der Waals surface area contributed by atoms with Crippen LogP contribution in [-0.2, 0) is 16.0 Å². The second-order valence-electron chi connectivity index (χ2n) is 10.2. The van der Waals surface area contributed by atoms with Crippen LogP contribution in [0.2, 0.25) is 0 Å². The molecule has 8 heteroatoms. The molecule has 0 N–H and O–H groups in total. The van der Waals surface area contributed by atoms with Crippen molar-refractivity contribution in [3.8, 4) is 11.5 Å². The number of aryl methyl sites for hydroxylation is 1. The van der Waals surface area contributed by atoms with E-state index in [0.717, 1.165) is 46.3 Å². The van der Waals surface area contributed by atoms with Crippen LogP contribution in [0.4, 0.5) is 4.79 Å². The molecule has 0 spiro atoms. The third-order valence-electron chi connectivity index (χ3n) is 6.65. The topological polar surface area (TPSA) is 79.2 Å². The minimum atomic E-state index is -0.602. The number of hydrogen-bond acceptors (Lipinski definition) is 7. The van der Waals surface area contributed by atoms with Crippen molar-refractivity contribution in [2.75, 3.05) is 27.9 Å². The van der Waals surface area contributed by atoms with Crippen LogP contribution in [0, 0.1) is 6.92 Å². The summed E-state index contributed by atoms with van der Waals surface area (Å²) in [5, 5.41) is 0.944. The fourth-order valence-electron chi connectivity index (χ4n) is 4.92. The third kappa shape index (κ3) is 5.96. The van der Waals surface area contributed by atoms with Gasteiger partial charge in [0.15, 0.2) is 0 Å². The first-order valence-electron chi connectivity index (χ1n) is 12.9. The predicted molar refractivity (Wildman–Crippen MR) is 148 cm³/mol. The van der Waals surface area contributed by atoms with Crippen LogP contribution >= 0.6 is 0 Å². The molecule has 38 heavy (non-hydrogen) atoms. The van der Waals surface area contributed by atoms with Gasteiger partial charge in [-0.3, -0.25) is 9.47 Å². The molecule has 0 saturated carbocycles. The molecular weight excluding hydrogens is 484 g/mol. The van der Waals surface area contributed by atoms with Gasteiger partial charge >= 0.3 is 12.1 Å². The molecule has 8 nitrogen and oxygen atoms in total. The molecule has 0 aliphatic carbocycles. The lowest BCUT2D eigenvalue weighted by Gasteiger charge is -2.31. The molecule has 1 unspecified atom stereocenters. The number of esters is 1.